The first kappa shape index (κ1) is 17.1. The van der Waals surface area contributed by atoms with Crippen molar-refractivity contribution in [1.29, 1.82) is 0 Å². The predicted octanol–water partition coefficient (Wildman–Crippen LogP) is 3.57. The summed E-state index contributed by atoms with van der Waals surface area (Å²) in [4.78, 5) is 10.6. The number of hydrogen-bond acceptors (Lipinski definition) is 4. The molecule has 0 spiro atoms. The standard InChI is InChI=1S/C17H19NO4S/c1-2-16(18(19)20)12-13-23(21,22)17-10-8-15(9-11-17)14-6-4-3-5-7-14/h3-11,16H,2,12-13H2,1H3. The molecular weight excluding hydrogens is 314 g/mol. The average Bonchev–Trinajstić information content (AvgIpc) is 2.56. The summed E-state index contributed by atoms with van der Waals surface area (Å²) in [7, 11) is -3.50. The lowest BCUT2D eigenvalue weighted by Gasteiger charge is -2.09. The van der Waals surface area contributed by atoms with E-state index in [0.29, 0.717) is 6.42 Å². The van der Waals surface area contributed by atoms with E-state index in [1.54, 1.807) is 31.2 Å². The number of rotatable bonds is 7. The molecule has 0 aliphatic heterocycles. The van der Waals surface area contributed by atoms with Gasteiger partial charge in [-0.25, -0.2) is 8.42 Å². The first-order valence-corrected chi connectivity index (χ1v) is 9.11. The van der Waals surface area contributed by atoms with Gasteiger partial charge in [0.2, 0.25) is 6.04 Å². The fourth-order valence-corrected chi connectivity index (χ4v) is 3.72. The van der Waals surface area contributed by atoms with Gasteiger partial charge in [0.15, 0.2) is 9.84 Å². The third kappa shape index (κ3) is 4.39. The summed E-state index contributed by atoms with van der Waals surface area (Å²) in [6, 6.07) is 15.5. The molecule has 0 saturated carbocycles. The van der Waals surface area contributed by atoms with Gasteiger partial charge in [-0.2, -0.15) is 0 Å². The third-order valence-corrected chi connectivity index (χ3v) is 5.57. The summed E-state index contributed by atoms with van der Waals surface area (Å²) in [6.07, 6.45) is 0.363. The Labute approximate surface area is 136 Å². The molecule has 0 saturated heterocycles. The Balaban J connectivity index is 2.13. The molecule has 5 nitrogen and oxygen atoms in total. The number of hydrogen-bond donors (Lipinski definition) is 0. The molecule has 0 aliphatic rings. The fraction of sp³-hybridized carbons (Fsp3) is 0.294. The van der Waals surface area contributed by atoms with E-state index in [0.717, 1.165) is 11.1 Å². The Morgan fingerprint density at radius 1 is 1.00 bits per heavy atom. The van der Waals surface area contributed by atoms with Crippen molar-refractivity contribution in [3.8, 4) is 11.1 Å². The van der Waals surface area contributed by atoms with Crippen molar-refractivity contribution in [2.45, 2.75) is 30.7 Å². The molecule has 2 aromatic rings. The van der Waals surface area contributed by atoms with Crippen LogP contribution in [0.5, 0.6) is 0 Å². The van der Waals surface area contributed by atoms with Crippen molar-refractivity contribution in [1.82, 2.24) is 0 Å². The summed E-state index contributed by atoms with van der Waals surface area (Å²) in [5, 5.41) is 10.8. The van der Waals surface area contributed by atoms with E-state index in [1.807, 2.05) is 30.3 Å². The molecule has 1 unspecified atom stereocenters. The van der Waals surface area contributed by atoms with Crippen LogP contribution in [0.3, 0.4) is 0 Å². The predicted molar refractivity (Wildman–Crippen MR) is 89.6 cm³/mol. The normalized spacial score (nSPS) is 12.7. The van der Waals surface area contributed by atoms with Crippen LogP contribution >= 0.6 is 0 Å². The Hall–Kier alpha value is -2.21. The lowest BCUT2D eigenvalue weighted by Crippen LogP contribution is -2.22. The molecule has 6 heteroatoms. The van der Waals surface area contributed by atoms with Gasteiger partial charge >= 0.3 is 0 Å². The fourth-order valence-electron chi connectivity index (χ4n) is 2.35. The molecule has 0 amide bonds. The van der Waals surface area contributed by atoms with Crippen LogP contribution in [0.15, 0.2) is 59.5 Å². The van der Waals surface area contributed by atoms with Crippen LogP contribution in [0, 0.1) is 10.1 Å². The molecule has 1 atom stereocenters. The van der Waals surface area contributed by atoms with Gasteiger partial charge < -0.3 is 0 Å². The Morgan fingerprint density at radius 2 is 1.57 bits per heavy atom. The van der Waals surface area contributed by atoms with E-state index in [-0.39, 0.29) is 17.1 Å². The van der Waals surface area contributed by atoms with E-state index in [4.69, 9.17) is 0 Å². The highest BCUT2D eigenvalue weighted by atomic mass is 32.2. The number of benzene rings is 2. The molecule has 0 radical (unpaired) electrons. The minimum Gasteiger partial charge on any atom is -0.264 e. The molecule has 0 N–H and O–H groups in total. The van der Waals surface area contributed by atoms with Crippen LogP contribution in [0.4, 0.5) is 0 Å². The SMILES string of the molecule is CCC(CCS(=O)(=O)c1ccc(-c2ccccc2)cc1)[N+](=O)[O-]. The zero-order valence-corrected chi connectivity index (χ0v) is 13.7. The van der Waals surface area contributed by atoms with Gasteiger partial charge in [-0.15, -0.1) is 0 Å². The van der Waals surface area contributed by atoms with Gasteiger partial charge in [-0.3, -0.25) is 10.1 Å². The van der Waals surface area contributed by atoms with Crippen LogP contribution < -0.4 is 0 Å². The Bertz CT molecular complexity index is 755. The highest BCUT2D eigenvalue weighted by molar-refractivity contribution is 7.91. The second kappa shape index (κ2) is 7.37. The van der Waals surface area contributed by atoms with Gasteiger partial charge in [-0.05, 0) is 23.3 Å². The quantitative estimate of drug-likeness (QED) is 0.573. The monoisotopic (exact) mass is 333 g/mol. The molecule has 2 aromatic carbocycles. The molecule has 2 rings (SSSR count). The van der Waals surface area contributed by atoms with E-state index in [9.17, 15) is 18.5 Å². The molecule has 23 heavy (non-hydrogen) atoms. The zero-order chi connectivity index (χ0) is 16.9. The Kier molecular flexibility index (Phi) is 5.50. The van der Waals surface area contributed by atoms with Crippen LogP contribution in [0.1, 0.15) is 19.8 Å². The minimum absolute atomic E-state index is 0.0340. The lowest BCUT2D eigenvalue weighted by molar-refractivity contribution is -0.522. The molecule has 0 heterocycles. The van der Waals surface area contributed by atoms with Crippen molar-refractivity contribution >= 4 is 9.84 Å². The summed E-state index contributed by atoms with van der Waals surface area (Å²) in [6.45, 7) is 1.69. The van der Waals surface area contributed by atoms with Crippen molar-refractivity contribution in [3.05, 3.63) is 64.7 Å². The van der Waals surface area contributed by atoms with Crippen LogP contribution in [0.2, 0.25) is 0 Å². The van der Waals surface area contributed by atoms with Gasteiger partial charge in [0, 0.05) is 17.8 Å². The summed E-state index contributed by atoms with van der Waals surface area (Å²) < 4.78 is 24.6. The van der Waals surface area contributed by atoms with Crippen LogP contribution in [-0.4, -0.2) is 25.1 Å². The van der Waals surface area contributed by atoms with E-state index >= 15 is 0 Å². The molecule has 0 aliphatic carbocycles. The van der Waals surface area contributed by atoms with Crippen LogP contribution in [-0.2, 0) is 9.84 Å². The molecule has 0 aromatic heterocycles. The molecular formula is C17H19NO4S. The Morgan fingerprint density at radius 3 is 2.09 bits per heavy atom. The van der Waals surface area contributed by atoms with Crippen molar-refractivity contribution in [2.24, 2.45) is 0 Å². The molecule has 0 fully saturated rings. The first-order chi connectivity index (χ1) is 10.9. The maximum atomic E-state index is 12.3. The second-order valence-electron chi connectivity index (χ2n) is 5.35. The first-order valence-electron chi connectivity index (χ1n) is 7.46. The number of nitrogens with zero attached hydrogens (tertiary/aromatic N) is 1. The lowest BCUT2D eigenvalue weighted by atomic mass is 10.1. The second-order valence-corrected chi connectivity index (χ2v) is 7.45. The topological polar surface area (TPSA) is 77.3 Å². The number of nitro groups is 1. The third-order valence-electron chi connectivity index (χ3n) is 3.81. The maximum absolute atomic E-state index is 12.3. The largest absolute Gasteiger partial charge is 0.264 e. The number of sulfone groups is 1. The summed E-state index contributed by atoms with van der Waals surface area (Å²) in [5.41, 5.74) is 1.94. The highest BCUT2D eigenvalue weighted by Crippen LogP contribution is 2.22. The van der Waals surface area contributed by atoms with Crippen molar-refractivity contribution < 1.29 is 13.3 Å². The van der Waals surface area contributed by atoms with Gasteiger partial charge in [0.05, 0.1) is 10.6 Å². The van der Waals surface area contributed by atoms with Crippen molar-refractivity contribution in [3.63, 3.8) is 0 Å². The molecule has 122 valence electrons. The van der Waals surface area contributed by atoms with Crippen LogP contribution in [0.25, 0.3) is 11.1 Å². The summed E-state index contributed by atoms with van der Waals surface area (Å²) >= 11 is 0. The van der Waals surface area contributed by atoms with E-state index in [2.05, 4.69) is 0 Å². The summed E-state index contributed by atoms with van der Waals surface area (Å²) in [5.74, 6) is -0.211. The highest BCUT2D eigenvalue weighted by Gasteiger charge is 2.23. The maximum Gasteiger partial charge on any atom is 0.213 e. The smallest absolute Gasteiger partial charge is 0.213 e. The minimum atomic E-state index is -3.50. The molecule has 0 bridgehead atoms. The van der Waals surface area contributed by atoms with Gasteiger partial charge in [0.1, 0.15) is 0 Å². The zero-order valence-electron chi connectivity index (χ0n) is 12.9. The van der Waals surface area contributed by atoms with Crippen molar-refractivity contribution in [2.75, 3.05) is 5.75 Å². The van der Waals surface area contributed by atoms with E-state index < -0.39 is 20.8 Å². The van der Waals surface area contributed by atoms with Gasteiger partial charge in [-0.1, -0.05) is 49.4 Å². The van der Waals surface area contributed by atoms with E-state index in [1.165, 1.54) is 0 Å². The average molecular weight is 333 g/mol. The van der Waals surface area contributed by atoms with Gasteiger partial charge in [0.25, 0.3) is 0 Å².